The fraction of sp³-hybridized carbons (Fsp3) is 0.467. The Bertz CT molecular complexity index is 629. The molecule has 126 valence electrons. The zero-order chi connectivity index (χ0) is 17.4. The molecule has 1 heterocycles. The summed E-state index contributed by atoms with van der Waals surface area (Å²) in [5.74, 6) is -1.80. The number of halogens is 3. The van der Waals surface area contributed by atoms with Crippen LogP contribution in [0.3, 0.4) is 0 Å². The molecule has 1 N–H and O–H groups in total. The Morgan fingerprint density at radius 2 is 2.04 bits per heavy atom. The standard InChI is InChI=1S/C15H17F3N2O3/c1-8(2)7-20-11-5-4-10(19-14(22)15(16,17)18)6-12(11)23-9(3)13(20)21/h4-6,8-9H,7H2,1-3H3,(H,19,22). The average Bonchev–Trinajstić information content (AvgIpc) is 2.42. The topological polar surface area (TPSA) is 58.6 Å². The second-order valence-electron chi connectivity index (χ2n) is 5.74. The van der Waals surface area contributed by atoms with Crippen LogP contribution in [0.15, 0.2) is 18.2 Å². The number of alkyl halides is 3. The number of carbonyl (C=O) groups excluding carboxylic acids is 2. The van der Waals surface area contributed by atoms with E-state index in [1.165, 1.54) is 18.2 Å². The van der Waals surface area contributed by atoms with Crippen LogP contribution < -0.4 is 15.0 Å². The Hall–Kier alpha value is -2.25. The molecule has 0 saturated heterocycles. The van der Waals surface area contributed by atoms with Crippen molar-refractivity contribution < 1.29 is 27.5 Å². The van der Waals surface area contributed by atoms with Gasteiger partial charge in [0.1, 0.15) is 5.75 Å². The molecule has 1 unspecified atom stereocenters. The van der Waals surface area contributed by atoms with E-state index in [0.29, 0.717) is 12.2 Å². The zero-order valence-electron chi connectivity index (χ0n) is 12.9. The monoisotopic (exact) mass is 330 g/mol. The summed E-state index contributed by atoms with van der Waals surface area (Å²) in [5, 5.41) is 1.77. The highest BCUT2D eigenvalue weighted by Gasteiger charge is 2.39. The van der Waals surface area contributed by atoms with E-state index in [0.717, 1.165) is 0 Å². The Labute approximate surface area is 131 Å². The molecule has 8 heteroatoms. The van der Waals surface area contributed by atoms with Gasteiger partial charge >= 0.3 is 12.1 Å². The summed E-state index contributed by atoms with van der Waals surface area (Å²) >= 11 is 0. The van der Waals surface area contributed by atoms with Gasteiger partial charge in [0.15, 0.2) is 6.10 Å². The molecule has 0 fully saturated rings. The van der Waals surface area contributed by atoms with Gasteiger partial charge in [-0.1, -0.05) is 13.8 Å². The Kier molecular flexibility index (Phi) is 4.53. The predicted octanol–water partition coefficient (Wildman–Crippen LogP) is 2.96. The van der Waals surface area contributed by atoms with Crippen LogP contribution >= 0.6 is 0 Å². The van der Waals surface area contributed by atoms with Crippen molar-refractivity contribution in [1.29, 1.82) is 0 Å². The lowest BCUT2D eigenvalue weighted by Gasteiger charge is -2.34. The Balaban J connectivity index is 2.30. The lowest BCUT2D eigenvalue weighted by Crippen LogP contribution is -2.46. The van der Waals surface area contributed by atoms with E-state index in [2.05, 4.69) is 0 Å². The number of fused-ring (bicyclic) bond motifs is 1. The predicted molar refractivity (Wildman–Crippen MR) is 78.4 cm³/mol. The maximum Gasteiger partial charge on any atom is 0.471 e. The van der Waals surface area contributed by atoms with Gasteiger partial charge in [-0.3, -0.25) is 9.59 Å². The normalized spacial score (nSPS) is 17.8. The number of hydrogen-bond acceptors (Lipinski definition) is 3. The van der Waals surface area contributed by atoms with E-state index in [9.17, 15) is 22.8 Å². The minimum absolute atomic E-state index is 0.0443. The highest BCUT2D eigenvalue weighted by molar-refractivity contribution is 6.01. The van der Waals surface area contributed by atoms with Crippen molar-refractivity contribution in [2.45, 2.75) is 33.1 Å². The fourth-order valence-electron chi connectivity index (χ4n) is 2.24. The third-order valence-electron chi connectivity index (χ3n) is 3.23. The maximum atomic E-state index is 12.3. The van der Waals surface area contributed by atoms with Crippen LogP contribution in [-0.4, -0.2) is 30.6 Å². The number of benzene rings is 1. The van der Waals surface area contributed by atoms with Crippen molar-refractivity contribution in [2.75, 3.05) is 16.8 Å². The highest BCUT2D eigenvalue weighted by Crippen LogP contribution is 2.37. The number of rotatable bonds is 3. The first-order valence-electron chi connectivity index (χ1n) is 7.10. The van der Waals surface area contributed by atoms with Crippen molar-refractivity contribution in [1.82, 2.24) is 0 Å². The van der Waals surface area contributed by atoms with Gasteiger partial charge in [-0.15, -0.1) is 0 Å². The molecule has 1 aliphatic heterocycles. The number of anilines is 2. The van der Waals surface area contributed by atoms with Crippen LogP contribution in [-0.2, 0) is 9.59 Å². The smallest absolute Gasteiger partial charge is 0.471 e. The van der Waals surface area contributed by atoms with Crippen LogP contribution in [0.1, 0.15) is 20.8 Å². The third-order valence-corrected chi connectivity index (χ3v) is 3.23. The number of carbonyl (C=O) groups is 2. The van der Waals surface area contributed by atoms with Crippen molar-refractivity contribution in [3.63, 3.8) is 0 Å². The van der Waals surface area contributed by atoms with Crippen LogP contribution in [0.2, 0.25) is 0 Å². The molecule has 0 aromatic heterocycles. The quantitative estimate of drug-likeness (QED) is 0.927. The SMILES string of the molecule is CC(C)CN1C(=O)C(C)Oc2cc(NC(=O)C(F)(F)F)ccc21. The first-order chi connectivity index (χ1) is 10.6. The molecular formula is C15H17F3N2O3. The molecule has 1 aliphatic rings. The summed E-state index contributed by atoms with van der Waals surface area (Å²) in [6.07, 6.45) is -5.71. The molecule has 23 heavy (non-hydrogen) atoms. The number of nitrogens with one attached hydrogen (secondary N) is 1. The van der Waals surface area contributed by atoms with E-state index in [1.54, 1.807) is 17.1 Å². The average molecular weight is 330 g/mol. The molecule has 0 spiro atoms. The Morgan fingerprint density at radius 1 is 1.39 bits per heavy atom. The molecule has 0 bridgehead atoms. The molecular weight excluding hydrogens is 313 g/mol. The second-order valence-corrected chi connectivity index (χ2v) is 5.74. The molecule has 0 radical (unpaired) electrons. The zero-order valence-corrected chi connectivity index (χ0v) is 12.9. The molecule has 0 aliphatic carbocycles. The van der Waals surface area contributed by atoms with Crippen LogP contribution in [0, 0.1) is 5.92 Å². The molecule has 0 saturated carbocycles. The lowest BCUT2D eigenvalue weighted by molar-refractivity contribution is -0.167. The van der Waals surface area contributed by atoms with Gasteiger partial charge in [0.05, 0.1) is 5.69 Å². The first kappa shape index (κ1) is 17.1. The number of hydrogen-bond donors (Lipinski definition) is 1. The number of amides is 2. The van der Waals surface area contributed by atoms with Gasteiger partial charge in [-0.2, -0.15) is 13.2 Å². The first-order valence-corrected chi connectivity index (χ1v) is 7.10. The fourth-order valence-corrected chi connectivity index (χ4v) is 2.24. The van der Waals surface area contributed by atoms with Gasteiger partial charge in [-0.05, 0) is 25.0 Å². The highest BCUT2D eigenvalue weighted by atomic mass is 19.4. The largest absolute Gasteiger partial charge is 0.479 e. The third kappa shape index (κ3) is 3.75. The second kappa shape index (κ2) is 6.10. The summed E-state index contributed by atoms with van der Waals surface area (Å²) in [6.45, 7) is 5.93. The summed E-state index contributed by atoms with van der Waals surface area (Å²) < 4.78 is 42.3. The van der Waals surface area contributed by atoms with Crippen molar-refractivity contribution in [2.24, 2.45) is 5.92 Å². The van der Waals surface area contributed by atoms with E-state index < -0.39 is 18.2 Å². The minimum Gasteiger partial charge on any atom is -0.479 e. The summed E-state index contributed by atoms with van der Waals surface area (Å²) in [6, 6.07) is 4.06. The van der Waals surface area contributed by atoms with Gasteiger partial charge in [0.2, 0.25) is 0 Å². The van der Waals surface area contributed by atoms with E-state index in [4.69, 9.17) is 4.74 Å². The summed E-state index contributed by atoms with van der Waals surface area (Å²) in [7, 11) is 0. The lowest BCUT2D eigenvalue weighted by atomic mass is 10.1. The van der Waals surface area contributed by atoms with Crippen LogP contribution in [0.5, 0.6) is 5.75 Å². The Morgan fingerprint density at radius 3 is 2.61 bits per heavy atom. The summed E-state index contributed by atoms with van der Waals surface area (Å²) in [4.78, 5) is 24.7. The molecule has 1 aromatic rings. The van der Waals surface area contributed by atoms with E-state index in [1.807, 2.05) is 13.8 Å². The van der Waals surface area contributed by atoms with Crippen LogP contribution in [0.4, 0.5) is 24.5 Å². The molecule has 5 nitrogen and oxygen atoms in total. The van der Waals surface area contributed by atoms with Gasteiger partial charge in [-0.25, -0.2) is 0 Å². The van der Waals surface area contributed by atoms with Gasteiger partial charge in [0, 0.05) is 18.3 Å². The molecule has 2 rings (SSSR count). The van der Waals surface area contributed by atoms with Gasteiger partial charge < -0.3 is 15.0 Å². The number of ether oxygens (including phenoxy) is 1. The maximum absolute atomic E-state index is 12.3. The van der Waals surface area contributed by atoms with Gasteiger partial charge in [0.25, 0.3) is 5.91 Å². The van der Waals surface area contributed by atoms with Crippen molar-refractivity contribution in [3.05, 3.63) is 18.2 Å². The molecule has 1 aromatic carbocycles. The number of nitrogens with zero attached hydrogens (tertiary/aromatic N) is 1. The summed E-state index contributed by atoms with van der Waals surface area (Å²) in [5.41, 5.74) is 0.434. The van der Waals surface area contributed by atoms with E-state index >= 15 is 0 Å². The molecule has 1 atom stereocenters. The van der Waals surface area contributed by atoms with Crippen LogP contribution in [0.25, 0.3) is 0 Å². The van der Waals surface area contributed by atoms with E-state index in [-0.39, 0.29) is 23.3 Å². The minimum atomic E-state index is -4.97. The van der Waals surface area contributed by atoms with Crippen molar-refractivity contribution in [3.8, 4) is 5.75 Å². The molecule has 2 amide bonds. The van der Waals surface area contributed by atoms with Crippen molar-refractivity contribution >= 4 is 23.2 Å².